The molecule has 2 N–H and O–H groups in total. The monoisotopic (exact) mass is 351 g/mol. The highest BCUT2D eigenvalue weighted by Crippen LogP contribution is 2.25. The molecule has 132 valence electrons. The van der Waals surface area contributed by atoms with E-state index in [2.05, 4.69) is 20.5 Å². The molecule has 0 spiro atoms. The lowest BCUT2D eigenvalue weighted by Crippen LogP contribution is -2.29. The summed E-state index contributed by atoms with van der Waals surface area (Å²) >= 11 is 0. The zero-order valence-electron chi connectivity index (χ0n) is 14.3. The number of amides is 1. The Balaban J connectivity index is 1.85. The van der Waals surface area contributed by atoms with Gasteiger partial charge in [0.1, 0.15) is 6.54 Å². The lowest BCUT2D eigenvalue weighted by atomic mass is 10.1. The summed E-state index contributed by atoms with van der Waals surface area (Å²) in [6, 6.07) is 10.0. The lowest BCUT2D eigenvalue weighted by molar-refractivity contribution is -0.116. The number of nitrogens with zero attached hydrogens (tertiary/aromatic N) is 3. The standard InChI is InChI=1S/C18H17N5O3/c1-11-12(2)19-10-23(18(11)26)9-17(25)20-14-6-4-3-5-13(14)15-7-8-16(24)22-21-15/h3-8,10H,9H2,1-2H3,(H,20,25)(H,22,24). The van der Waals surface area contributed by atoms with Gasteiger partial charge < -0.3 is 5.32 Å². The minimum Gasteiger partial charge on any atom is -0.324 e. The van der Waals surface area contributed by atoms with E-state index in [0.29, 0.717) is 28.2 Å². The number of carbonyl (C=O) groups excluding carboxylic acids is 1. The van der Waals surface area contributed by atoms with Crippen LogP contribution >= 0.6 is 0 Å². The number of nitrogens with one attached hydrogen (secondary N) is 2. The Hall–Kier alpha value is -3.55. The average molecular weight is 351 g/mol. The molecule has 0 fully saturated rings. The van der Waals surface area contributed by atoms with Crippen LogP contribution in [-0.2, 0) is 11.3 Å². The van der Waals surface area contributed by atoms with Gasteiger partial charge in [-0.25, -0.2) is 10.1 Å². The number of rotatable bonds is 4. The highest BCUT2D eigenvalue weighted by Gasteiger charge is 2.12. The number of H-pyrrole nitrogens is 1. The van der Waals surface area contributed by atoms with Gasteiger partial charge in [0.15, 0.2) is 0 Å². The number of benzene rings is 1. The molecule has 0 aliphatic rings. The minimum absolute atomic E-state index is 0.152. The topological polar surface area (TPSA) is 110 Å². The maximum absolute atomic E-state index is 12.4. The highest BCUT2D eigenvalue weighted by molar-refractivity contribution is 5.94. The molecular weight excluding hydrogens is 334 g/mol. The van der Waals surface area contributed by atoms with Crippen molar-refractivity contribution in [2.24, 2.45) is 0 Å². The molecule has 1 aromatic carbocycles. The van der Waals surface area contributed by atoms with Crippen LogP contribution in [0.2, 0.25) is 0 Å². The molecule has 2 aromatic heterocycles. The van der Waals surface area contributed by atoms with E-state index >= 15 is 0 Å². The molecule has 8 nitrogen and oxygen atoms in total. The van der Waals surface area contributed by atoms with Gasteiger partial charge in [-0.15, -0.1) is 0 Å². The van der Waals surface area contributed by atoms with Crippen molar-refractivity contribution in [3.63, 3.8) is 0 Å². The fraction of sp³-hybridized carbons (Fsp3) is 0.167. The van der Waals surface area contributed by atoms with E-state index < -0.39 is 0 Å². The first-order chi connectivity index (χ1) is 12.5. The van der Waals surface area contributed by atoms with Crippen LogP contribution in [-0.4, -0.2) is 25.7 Å². The third-order valence-corrected chi connectivity index (χ3v) is 3.99. The largest absolute Gasteiger partial charge is 0.324 e. The molecule has 0 bridgehead atoms. The van der Waals surface area contributed by atoms with E-state index in [-0.39, 0.29) is 23.6 Å². The molecule has 0 aliphatic heterocycles. The Morgan fingerprint density at radius 1 is 1.15 bits per heavy atom. The summed E-state index contributed by atoms with van der Waals surface area (Å²) in [4.78, 5) is 39.9. The van der Waals surface area contributed by atoms with Crippen molar-refractivity contribution in [3.05, 3.63) is 74.7 Å². The number of aryl methyl sites for hydroxylation is 1. The SMILES string of the molecule is Cc1ncn(CC(=O)Nc2ccccc2-c2ccc(=O)[nH]n2)c(=O)c1C. The second kappa shape index (κ2) is 7.14. The maximum atomic E-state index is 12.4. The highest BCUT2D eigenvalue weighted by atomic mass is 16.2. The summed E-state index contributed by atoms with van der Waals surface area (Å²) in [7, 11) is 0. The van der Waals surface area contributed by atoms with E-state index in [1.807, 2.05) is 0 Å². The molecule has 2 heterocycles. The number of hydrogen-bond acceptors (Lipinski definition) is 5. The second-order valence-electron chi connectivity index (χ2n) is 5.79. The third kappa shape index (κ3) is 3.59. The molecule has 3 rings (SSSR count). The van der Waals surface area contributed by atoms with E-state index in [0.717, 1.165) is 0 Å². The number of para-hydroxylation sites is 1. The molecule has 1 amide bonds. The summed E-state index contributed by atoms with van der Waals surface area (Å²) in [6.07, 6.45) is 1.36. The molecule has 0 unspecified atom stereocenters. The molecule has 3 aromatic rings. The Labute approximate surface area is 148 Å². The van der Waals surface area contributed by atoms with Gasteiger partial charge in [-0.05, 0) is 26.0 Å². The summed E-state index contributed by atoms with van der Waals surface area (Å²) in [5.41, 5.74) is 2.30. The van der Waals surface area contributed by atoms with Crippen molar-refractivity contribution < 1.29 is 4.79 Å². The summed E-state index contributed by atoms with van der Waals surface area (Å²) in [6.45, 7) is 3.27. The zero-order chi connectivity index (χ0) is 18.7. The summed E-state index contributed by atoms with van der Waals surface area (Å²) in [5.74, 6) is -0.367. The van der Waals surface area contributed by atoms with Crippen molar-refractivity contribution in [3.8, 4) is 11.3 Å². The summed E-state index contributed by atoms with van der Waals surface area (Å²) < 4.78 is 1.26. The number of hydrogen-bond donors (Lipinski definition) is 2. The Kier molecular flexibility index (Phi) is 4.74. The minimum atomic E-state index is -0.367. The first kappa shape index (κ1) is 17.3. The van der Waals surface area contributed by atoms with Crippen molar-refractivity contribution in [2.45, 2.75) is 20.4 Å². The molecule has 0 radical (unpaired) electrons. The van der Waals surface area contributed by atoms with Crippen LogP contribution < -0.4 is 16.4 Å². The van der Waals surface area contributed by atoms with Gasteiger partial charge in [0.2, 0.25) is 5.91 Å². The lowest BCUT2D eigenvalue weighted by Gasteiger charge is -2.12. The van der Waals surface area contributed by atoms with Crippen molar-refractivity contribution in [2.75, 3.05) is 5.32 Å². The molecule has 0 saturated carbocycles. The van der Waals surface area contributed by atoms with Crippen LogP contribution in [0.4, 0.5) is 5.69 Å². The number of aromatic nitrogens is 4. The third-order valence-electron chi connectivity index (χ3n) is 3.99. The molecular formula is C18H17N5O3. The van der Waals surface area contributed by atoms with Crippen LogP contribution in [0, 0.1) is 13.8 Å². The maximum Gasteiger partial charge on any atom is 0.264 e. The zero-order valence-corrected chi connectivity index (χ0v) is 14.3. The van der Waals surface area contributed by atoms with Crippen molar-refractivity contribution in [1.82, 2.24) is 19.7 Å². The van der Waals surface area contributed by atoms with Gasteiger partial charge in [0, 0.05) is 22.9 Å². The van der Waals surface area contributed by atoms with Crippen LogP contribution in [0.15, 0.2) is 52.3 Å². The fourth-order valence-electron chi connectivity index (χ4n) is 2.44. The average Bonchev–Trinajstić information content (AvgIpc) is 2.63. The van der Waals surface area contributed by atoms with E-state index in [1.54, 1.807) is 44.2 Å². The molecule has 8 heteroatoms. The van der Waals surface area contributed by atoms with E-state index in [4.69, 9.17) is 0 Å². The number of anilines is 1. The first-order valence-electron chi connectivity index (χ1n) is 7.93. The van der Waals surface area contributed by atoms with Gasteiger partial charge >= 0.3 is 0 Å². The molecule has 0 atom stereocenters. The summed E-state index contributed by atoms with van der Waals surface area (Å²) in [5, 5.41) is 9.12. The van der Waals surface area contributed by atoms with Crippen LogP contribution in [0.25, 0.3) is 11.3 Å². The quantitative estimate of drug-likeness (QED) is 0.735. The normalized spacial score (nSPS) is 10.5. The smallest absolute Gasteiger partial charge is 0.264 e. The number of carbonyl (C=O) groups is 1. The van der Waals surface area contributed by atoms with Gasteiger partial charge in [0.25, 0.3) is 11.1 Å². The predicted octanol–water partition coefficient (Wildman–Crippen LogP) is 1.25. The Morgan fingerprint density at radius 2 is 1.92 bits per heavy atom. The Bertz CT molecular complexity index is 1060. The van der Waals surface area contributed by atoms with Crippen LogP contribution in [0.5, 0.6) is 0 Å². The van der Waals surface area contributed by atoms with Crippen LogP contribution in [0.1, 0.15) is 11.3 Å². The molecule has 0 aliphatic carbocycles. The second-order valence-corrected chi connectivity index (χ2v) is 5.79. The van der Waals surface area contributed by atoms with Gasteiger partial charge in [-0.1, -0.05) is 18.2 Å². The van der Waals surface area contributed by atoms with Gasteiger partial charge in [-0.3, -0.25) is 19.0 Å². The molecule has 0 saturated heterocycles. The van der Waals surface area contributed by atoms with Crippen LogP contribution in [0.3, 0.4) is 0 Å². The van der Waals surface area contributed by atoms with E-state index in [1.165, 1.54) is 17.0 Å². The molecule has 26 heavy (non-hydrogen) atoms. The first-order valence-corrected chi connectivity index (χ1v) is 7.93. The van der Waals surface area contributed by atoms with Gasteiger partial charge in [0.05, 0.1) is 17.7 Å². The van der Waals surface area contributed by atoms with Crippen molar-refractivity contribution in [1.29, 1.82) is 0 Å². The fourth-order valence-corrected chi connectivity index (χ4v) is 2.44. The van der Waals surface area contributed by atoms with E-state index in [9.17, 15) is 14.4 Å². The Morgan fingerprint density at radius 3 is 2.65 bits per heavy atom. The number of aromatic amines is 1. The van der Waals surface area contributed by atoms with Crippen molar-refractivity contribution >= 4 is 11.6 Å². The van der Waals surface area contributed by atoms with Gasteiger partial charge in [-0.2, -0.15) is 5.10 Å². The predicted molar refractivity (Wildman–Crippen MR) is 96.9 cm³/mol.